The number of methoxy groups -OCH3 is 1. The summed E-state index contributed by atoms with van der Waals surface area (Å²) in [4.78, 5) is 16.2. The van der Waals surface area contributed by atoms with Crippen molar-refractivity contribution in [3.63, 3.8) is 0 Å². The molecule has 0 bridgehead atoms. The number of benzene rings is 2. The molecular formula is C16H14N2O3. The topological polar surface area (TPSA) is 64.4 Å². The molecule has 0 aliphatic heterocycles. The fraction of sp³-hybridized carbons (Fsp3) is 0.125. The fourth-order valence-electron chi connectivity index (χ4n) is 2.06. The van der Waals surface area contributed by atoms with E-state index in [1.54, 1.807) is 25.3 Å². The number of oxazole rings is 1. The summed E-state index contributed by atoms with van der Waals surface area (Å²) in [7, 11) is 1.62. The standard InChI is InChI=1S/C16H14N2O3/c1-20-13-4-2-3-11(7-13)9-17-16(19)12-5-6-14-15(8-12)21-10-18-14/h2-8,10H,9H2,1H3,(H,17,19). The first-order valence-corrected chi connectivity index (χ1v) is 6.50. The lowest BCUT2D eigenvalue weighted by Gasteiger charge is -2.07. The summed E-state index contributed by atoms with van der Waals surface area (Å²) in [5, 5.41) is 2.87. The lowest BCUT2D eigenvalue weighted by Crippen LogP contribution is -2.22. The molecule has 2 aromatic carbocycles. The lowest BCUT2D eigenvalue weighted by atomic mass is 10.1. The number of aromatic nitrogens is 1. The molecule has 3 aromatic rings. The second-order valence-corrected chi connectivity index (χ2v) is 4.57. The number of nitrogens with zero attached hydrogens (tertiary/aromatic N) is 1. The zero-order valence-corrected chi connectivity index (χ0v) is 11.5. The van der Waals surface area contributed by atoms with E-state index < -0.39 is 0 Å². The molecule has 0 saturated heterocycles. The first kappa shape index (κ1) is 13.2. The van der Waals surface area contributed by atoms with Gasteiger partial charge in [-0.3, -0.25) is 4.79 Å². The van der Waals surface area contributed by atoms with Gasteiger partial charge in [0.1, 0.15) is 11.3 Å². The predicted molar refractivity (Wildman–Crippen MR) is 78.2 cm³/mol. The Labute approximate surface area is 121 Å². The van der Waals surface area contributed by atoms with Crippen molar-refractivity contribution < 1.29 is 13.9 Å². The highest BCUT2D eigenvalue weighted by Crippen LogP contribution is 2.15. The normalized spacial score (nSPS) is 10.5. The molecule has 106 valence electrons. The van der Waals surface area contributed by atoms with E-state index in [1.807, 2.05) is 24.3 Å². The van der Waals surface area contributed by atoms with Gasteiger partial charge in [-0.05, 0) is 35.9 Å². The highest BCUT2D eigenvalue weighted by molar-refractivity contribution is 5.96. The van der Waals surface area contributed by atoms with Crippen molar-refractivity contribution in [2.75, 3.05) is 7.11 Å². The molecule has 0 radical (unpaired) electrons. The molecule has 3 rings (SSSR count). The van der Waals surface area contributed by atoms with Gasteiger partial charge >= 0.3 is 0 Å². The number of amides is 1. The second kappa shape index (κ2) is 5.66. The van der Waals surface area contributed by atoms with Crippen molar-refractivity contribution in [3.05, 3.63) is 60.0 Å². The molecule has 1 N–H and O–H groups in total. The van der Waals surface area contributed by atoms with E-state index in [0.29, 0.717) is 17.7 Å². The molecule has 0 saturated carbocycles. The molecule has 0 spiro atoms. The van der Waals surface area contributed by atoms with Crippen LogP contribution in [0.4, 0.5) is 0 Å². The molecule has 0 aliphatic carbocycles. The van der Waals surface area contributed by atoms with Gasteiger partial charge in [-0.2, -0.15) is 0 Å². The smallest absolute Gasteiger partial charge is 0.251 e. The number of nitrogens with one attached hydrogen (secondary N) is 1. The summed E-state index contributed by atoms with van der Waals surface area (Å²) in [6, 6.07) is 12.8. The highest BCUT2D eigenvalue weighted by atomic mass is 16.5. The summed E-state index contributed by atoms with van der Waals surface area (Å²) in [6.45, 7) is 0.435. The van der Waals surface area contributed by atoms with Crippen molar-refractivity contribution in [2.45, 2.75) is 6.54 Å². The first-order chi connectivity index (χ1) is 10.3. The molecule has 5 nitrogen and oxygen atoms in total. The number of rotatable bonds is 4. The van der Waals surface area contributed by atoms with Crippen LogP contribution in [0.25, 0.3) is 11.1 Å². The summed E-state index contributed by atoms with van der Waals surface area (Å²) in [6.07, 6.45) is 1.36. The number of ether oxygens (including phenoxy) is 1. The SMILES string of the molecule is COc1cccc(CNC(=O)c2ccc3ncoc3c2)c1. The molecule has 1 amide bonds. The Bertz CT molecular complexity index is 780. The predicted octanol–water partition coefficient (Wildman–Crippen LogP) is 2.77. The quantitative estimate of drug-likeness (QED) is 0.799. The van der Waals surface area contributed by atoms with Crippen LogP contribution in [0.1, 0.15) is 15.9 Å². The number of hydrogen-bond donors (Lipinski definition) is 1. The molecule has 0 fully saturated rings. The molecule has 0 aliphatic rings. The molecule has 5 heteroatoms. The van der Waals surface area contributed by atoms with Crippen molar-refractivity contribution >= 4 is 17.0 Å². The largest absolute Gasteiger partial charge is 0.497 e. The van der Waals surface area contributed by atoms with E-state index in [4.69, 9.17) is 9.15 Å². The van der Waals surface area contributed by atoms with Crippen molar-refractivity contribution in [3.8, 4) is 5.75 Å². The van der Waals surface area contributed by atoms with E-state index in [2.05, 4.69) is 10.3 Å². The van der Waals surface area contributed by atoms with Crippen LogP contribution < -0.4 is 10.1 Å². The average Bonchev–Trinajstić information content (AvgIpc) is 3.00. The van der Waals surface area contributed by atoms with Crippen LogP contribution in [0.3, 0.4) is 0 Å². The van der Waals surface area contributed by atoms with Crippen LogP contribution in [0.2, 0.25) is 0 Å². The Kier molecular flexibility index (Phi) is 3.55. The van der Waals surface area contributed by atoms with Gasteiger partial charge in [0.2, 0.25) is 0 Å². The van der Waals surface area contributed by atoms with Gasteiger partial charge in [-0.25, -0.2) is 4.98 Å². The number of carbonyl (C=O) groups excluding carboxylic acids is 1. The number of hydrogen-bond acceptors (Lipinski definition) is 4. The Morgan fingerprint density at radius 3 is 3.05 bits per heavy atom. The van der Waals surface area contributed by atoms with Crippen LogP contribution in [0, 0.1) is 0 Å². The number of carbonyl (C=O) groups is 1. The summed E-state index contributed by atoms with van der Waals surface area (Å²) in [5.74, 6) is 0.612. The maximum atomic E-state index is 12.1. The van der Waals surface area contributed by atoms with Gasteiger partial charge in [0.05, 0.1) is 7.11 Å². The summed E-state index contributed by atoms with van der Waals surface area (Å²) in [5.41, 5.74) is 2.86. The van der Waals surface area contributed by atoms with Gasteiger partial charge in [0.25, 0.3) is 5.91 Å². The van der Waals surface area contributed by atoms with Gasteiger partial charge in [-0.1, -0.05) is 12.1 Å². The third-order valence-corrected chi connectivity index (χ3v) is 3.18. The second-order valence-electron chi connectivity index (χ2n) is 4.57. The van der Waals surface area contributed by atoms with Gasteiger partial charge in [-0.15, -0.1) is 0 Å². The number of fused-ring (bicyclic) bond motifs is 1. The zero-order valence-electron chi connectivity index (χ0n) is 11.5. The van der Waals surface area contributed by atoms with Crippen molar-refractivity contribution in [2.24, 2.45) is 0 Å². The van der Waals surface area contributed by atoms with Crippen LogP contribution in [-0.2, 0) is 6.54 Å². The third kappa shape index (κ3) is 2.86. The fourth-order valence-corrected chi connectivity index (χ4v) is 2.06. The first-order valence-electron chi connectivity index (χ1n) is 6.50. The average molecular weight is 282 g/mol. The van der Waals surface area contributed by atoms with Crippen LogP contribution in [-0.4, -0.2) is 18.0 Å². The monoisotopic (exact) mass is 282 g/mol. The van der Waals surface area contributed by atoms with E-state index in [1.165, 1.54) is 6.39 Å². The lowest BCUT2D eigenvalue weighted by molar-refractivity contribution is 0.0951. The molecule has 21 heavy (non-hydrogen) atoms. The highest BCUT2D eigenvalue weighted by Gasteiger charge is 2.08. The minimum Gasteiger partial charge on any atom is -0.497 e. The van der Waals surface area contributed by atoms with E-state index in [0.717, 1.165) is 16.8 Å². The van der Waals surface area contributed by atoms with Crippen LogP contribution in [0.5, 0.6) is 5.75 Å². The van der Waals surface area contributed by atoms with Crippen LogP contribution >= 0.6 is 0 Å². The molecule has 1 aromatic heterocycles. The van der Waals surface area contributed by atoms with Gasteiger partial charge in [0.15, 0.2) is 12.0 Å². The molecular weight excluding hydrogens is 268 g/mol. The molecule has 0 unspecified atom stereocenters. The Morgan fingerprint density at radius 2 is 2.19 bits per heavy atom. The summed E-state index contributed by atoms with van der Waals surface area (Å²) < 4.78 is 10.3. The minimum atomic E-state index is -0.156. The van der Waals surface area contributed by atoms with Crippen molar-refractivity contribution in [1.82, 2.24) is 10.3 Å². The van der Waals surface area contributed by atoms with E-state index in [-0.39, 0.29) is 5.91 Å². The Hall–Kier alpha value is -2.82. The summed E-state index contributed by atoms with van der Waals surface area (Å²) >= 11 is 0. The van der Waals surface area contributed by atoms with Crippen molar-refractivity contribution in [1.29, 1.82) is 0 Å². The molecule has 0 atom stereocenters. The van der Waals surface area contributed by atoms with Gasteiger partial charge < -0.3 is 14.5 Å². The third-order valence-electron chi connectivity index (χ3n) is 3.18. The Balaban J connectivity index is 1.70. The van der Waals surface area contributed by atoms with Gasteiger partial charge in [0, 0.05) is 12.1 Å². The molecule has 1 heterocycles. The zero-order chi connectivity index (χ0) is 14.7. The minimum absolute atomic E-state index is 0.156. The maximum Gasteiger partial charge on any atom is 0.251 e. The maximum absolute atomic E-state index is 12.1. The Morgan fingerprint density at radius 1 is 1.29 bits per heavy atom. The van der Waals surface area contributed by atoms with E-state index >= 15 is 0 Å². The van der Waals surface area contributed by atoms with E-state index in [9.17, 15) is 4.79 Å². The van der Waals surface area contributed by atoms with Crippen LogP contribution in [0.15, 0.2) is 53.3 Å².